The van der Waals surface area contributed by atoms with Gasteiger partial charge < -0.3 is 15.3 Å². The molecular formula is C11H15NO2. The first-order chi connectivity index (χ1) is 6.74. The Morgan fingerprint density at radius 2 is 2.07 bits per heavy atom. The molecule has 0 aromatic heterocycles. The number of carbonyl (C=O) groups excluding carboxylic acids is 1. The highest BCUT2D eigenvalue weighted by Gasteiger charge is 2.11. The first-order valence-electron chi connectivity index (χ1n) is 4.60. The molecular weight excluding hydrogens is 178 g/mol. The summed E-state index contributed by atoms with van der Waals surface area (Å²) in [6.45, 7) is 2.28. The van der Waals surface area contributed by atoms with Crippen molar-refractivity contribution in [2.24, 2.45) is 5.73 Å². The van der Waals surface area contributed by atoms with Gasteiger partial charge in [0.1, 0.15) is 6.29 Å². The Balaban J connectivity index is 2.37. The minimum Gasteiger partial charge on any atom is -0.372 e. The number of rotatable bonds is 5. The molecule has 1 aromatic carbocycles. The second kappa shape index (κ2) is 5.52. The topological polar surface area (TPSA) is 52.3 Å². The zero-order chi connectivity index (χ0) is 10.4. The molecule has 0 bridgehead atoms. The van der Waals surface area contributed by atoms with Crippen LogP contribution in [0.25, 0.3) is 0 Å². The number of benzene rings is 1. The van der Waals surface area contributed by atoms with Crippen LogP contribution >= 0.6 is 0 Å². The summed E-state index contributed by atoms with van der Waals surface area (Å²) in [6, 6.07) is 9.24. The van der Waals surface area contributed by atoms with Gasteiger partial charge in [-0.15, -0.1) is 0 Å². The van der Waals surface area contributed by atoms with E-state index in [-0.39, 0.29) is 6.10 Å². The average molecular weight is 193 g/mol. The molecule has 0 aliphatic rings. The minimum absolute atomic E-state index is 0.243. The van der Waals surface area contributed by atoms with Gasteiger partial charge in [-0.05, 0) is 12.5 Å². The van der Waals surface area contributed by atoms with E-state index in [9.17, 15) is 4.79 Å². The standard InChI is InChI=1S/C11H15NO2/c1-9(11(12)7-13)14-8-10-5-3-2-4-6-10/h2-7,9,11H,8,12H2,1H3/t9?,11-/m1/s1. The number of ether oxygens (including phenoxy) is 1. The van der Waals surface area contributed by atoms with Gasteiger partial charge in [0.05, 0.1) is 18.8 Å². The van der Waals surface area contributed by atoms with Crippen LogP contribution in [0.3, 0.4) is 0 Å². The molecule has 0 aliphatic heterocycles. The summed E-state index contributed by atoms with van der Waals surface area (Å²) in [5.74, 6) is 0. The molecule has 0 fully saturated rings. The van der Waals surface area contributed by atoms with E-state index in [0.717, 1.165) is 5.56 Å². The summed E-state index contributed by atoms with van der Waals surface area (Å²) in [6.07, 6.45) is 0.461. The monoisotopic (exact) mass is 193 g/mol. The van der Waals surface area contributed by atoms with Gasteiger partial charge in [-0.3, -0.25) is 0 Å². The van der Waals surface area contributed by atoms with Crippen LogP contribution in [0.15, 0.2) is 30.3 Å². The molecule has 0 aliphatic carbocycles. The molecule has 0 heterocycles. The first-order valence-corrected chi connectivity index (χ1v) is 4.60. The maximum atomic E-state index is 10.4. The normalized spacial score (nSPS) is 14.7. The van der Waals surface area contributed by atoms with Crippen molar-refractivity contribution in [2.45, 2.75) is 25.7 Å². The lowest BCUT2D eigenvalue weighted by atomic mass is 10.2. The van der Waals surface area contributed by atoms with Gasteiger partial charge in [0.15, 0.2) is 0 Å². The van der Waals surface area contributed by atoms with Gasteiger partial charge in [0.2, 0.25) is 0 Å². The zero-order valence-corrected chi connectivity index (χ0v) is 8.22. The van der Waals surface area contributed by atoms with Crippen LogP contribution in [0.5, 0.6) is 0 Å². The molecule has 2 atom stereocenters. The highest BCUT2D eigenvalue weighted by molar-refractivity contribution is 5.57. The molecule has 1 rings (SSSR count). The third kappa shape index (κ3) is 3.28. The number of aldehydes is 1. The van der Waals surface area contributed by atoms with Gasteiger partial charge in [0, 0.05) is 0 Å². The Kier molecular flexibility index (Phi) is 4.29. The maximum Gasteiger partial charge on any atom is 0.139 e. The van der Waals surface area contributed by atoms with E-state index in [2.05, 4.69) is 0 Å². The second-order valence-electron chi connectivity index (χ2n) is 3.22. The van der Waals surface area contributed by atoms with E-state index in [1.54, 1.807) is 6.92 Å². The number of hydrogen-bond donors (Lipinski definition) is 1. The fourth-order valence-electron chi connectivity index (χ4n) is 1.02. The van der Waals surface area contributed by atoms with E-state index in [1.165, 1.54) is 0 Å². The molecule has 14 heavy (non-hydrogen) atoms. The van der Waals surface area contributed by atoms with E-state index >= 15 is 0 Å². The SMILES string of the molecule is CC(OCc1ccccc1)[C@H](N)C=O. The van der Waals surface area contributed by atoms with Crippen molar-refractivity contribution in [1.82, 2.24) is 0 Å². The van der Waals surface area contributed by atoms with Gasteiger partial charge in [-0.2, -0.15) is 0 Å². The largest absolute Gasteiger partial charge is 0.372 e. The highest BCUT2D eigenvalue weighted by atomic mass is 16.5. The number of hydrogen-bond acceptors (Lipinski definition) is 3. The molecule has 1 unspecified atom stereocenters. The highest BCUT2D eigenvalue weighted by Crippen LogP contribution is 2.04. The molecule has 0 saturated carbocycles. The predicted octanol–water partition coefficient (Wildman–Crippen LogP) is 1.12. The van der Waals surface area contributed by atoms with Crippen molar-refractivity contribution in [3.05, 3.63) is 35.9 Å². The number of nitrogens with two attached hydrogens (primary N) is 1. The summed E-state index contributed by atoms with van der Waals surface area (Å²) in [4.78, 5) is 10.4. The molecule has 2 N–H and O–H groups in total. The third-order valence-electron chi connectivity index (χ3n) is 2.05. The van der Waals surface area contributed by atoms with Crippen molar-refractivity contribution in [3.8, 4) is 0 Å². The Morgan fingerprint density at radius 1 is 1.43 bits per heavy atom. The summed E-state index contributed by atoms with van der Waals surface area (Å²) in [5, 5.41) is 0. The van der Waals surface area contributed by atoms with E-state index < -0.39 is 6.04 Å². The smallest absolute Gasteiger partial charge is 0.139 e. The predicted molar refractivity (Wildman–Crippen MR) is 54.7 cm³/mol. The second-order valence-corrected chi connectivity index (χ2v) is 3.22. The van der Waals surface area contributed by atoms with E-state index in [1.807, 2.05) is 30.3 Å². The fraction of sp³-hybridized carbons (Fsp3) is 0.364. The van der Waals surface area contributed by atoms with Crippen LogP contribution in [0.1, 0.15) is 12.5 Å². The van der Waals surface area contributed by atoms with Crippen LogP contribution < -0.4 is 5.73 Å². The fourth-order valence-corrected chi connectivity index (χ4v) is 1.02. The van der Waals surface area contributed by atoms with E-state index in [4.69, 9.17) is 10.5 Å². The molecule has 76 valence electrons. The van der Waals surface area contributed by atoms with Crippen molar-refractivity contribution >= 4 is 6.29 Å². The first kappa shape index (κ1) is 10.9. The molecule has 1 aromatic rings. The van der Waals surface area contributed by atoms with Gasteiger partial charge in [-0.1, -0.05) is 30.3 Å². The van der Waals surface area contributed by atoms with Crippen LogP contribution in [0, 0.1) is 0 Å². The van der Waals surface area contributed by atoms with Gasteiger partial charge in [-0.25, -0.2) is 0 Å². The minimum atomic E-state index is -0.543. The maximum absolute atomic E-state index is 10.4. The zero-order valence-electron chi connectivity index (χ0n) is 8.22. The summed E-state index contributed by atoms with van der Waals surface area (Å²) in [5.41, 5.74) is 6.57. The summed E-state index contributed by atoms with van der Waals surface area (Å²) in [7, 11) is 0. The molecule has 3 heteroatoms. The van der Waals surface area contributed by atoms with Gasteiger partial charge >= 0.3 is 0 Å². The Labute approximate surface area is 83.9 Å². The molecule has 0 spiro atoms. The molecule has 0 saturated heterocycles. The van der Waals surface area contributed by atoms with Crippen molar-refractivity contribution in [3.63, 3.8) is 0 Å². The lowest BCUT2D eigenvalue weighted by Gasteiger charge is -2.15. The Morgan fingerprint density at radius 3 is 2.64 bits per heavy atom. The van der Waals surface area contributed by atoms with Crippen molar-refractivity contribution in [2.75, 3.05) is 0 Å². The van der Waals surface area contributed by atoms with Gasteiger partial charge in [0.25, 0.3) is 0 Å². The average Bonchev–Trinajstić information content (AvgIpc) is 2.26. The lowest BCUT2D eigenvalue weighted by Crippen LogP contribution is -2.35. The van der Waals surface area contributed by atoms with Crippen LogP contribution in [-0.4, -0.2) is 18.4 Å². The summed E-state index contributed by atoms with van der Waals surface area (Å²) < 4.78 is 5.42. The van der Waals surface area contributed by atoms with Crippen molar-refractivity contribution < 1.29 is 9.53 Å². The quantitative estimate of drug-likeness (QED) is 0.713. The Hall–Kier alpha value is -1.19. The van der Waals surface area contributed by atoms with Crippen LogP contribution in [-0.2, 0) is 16.1 Å². The van der Waals surface area contributed by atoms with E-state index in [0.29, 0.717) is 12.9 Å². The molecule has 0 amide bonds. The lowest BCUT2D eigenvalue weighted by molar-refractivity contribution is -0.112. The van der Waals surface area contributed by atoms with Crippen molar-refractivity contribution in [1.29, 1.82) is 0 Å². The van der Waals surface area contributed by atoms with Crippen LogP contribution in [0.4, 0.5) is 0 Å². The molecule has 0 radical (unpaired) electrons. The Bertz CT molecular complexity index is 274. The molecule has 3 nitrogen and oxygen atoms in total. The third-order valence-corrected chi connectivity index (χ3v) is 2.05. The van der Waals surface area contributed by atoms with Crippen LogP contribution in [0.2, 0.25) is 0 Å². The number of carbonyl (C=O) groups is 1. The summed E-state index contributed by atoms with van der Waals surface area (Å²) >= 11 is 0.